The van der Waals surface area contributed by atoms with Crippen LogP contribution in [0.5, 0.6) is 5.75 Å². The standard InChI is InChI=1S/C15H14N2O2/c1-17-7-6-16-15(17)10-12(18)9-13-8-11-4-2-3-5-14(11)19-13/h2-7,9H,8,10H2,1H3. The topological polar surface area (TPSA) is 44.1 Å². The first-order chi connectivity index (χ1) is 9.22. The lowest BCUT2D eigenvalue weighted by atomic mass is 10.1. The van der Waals surface area contributed by atoms with Crippen LogP contribution in [-0.2, 0) is 24.7 Å². The molecule has 0 N–H and O–H groups in total. The lowest BCUT2D eigenvalue weighted by Gasteiger charge is -2.00. The molecule has 0 bridgehead atoms. The number of para-hydroxylation sites is 1. The van der Waals surface area contributed by atoms with Crippen molar-refractivity contribution in [2.24, 2.45) is 7.05 Å². The minimum atomic E-state index is 0.0112. The minimum Gasteiger partial charge on any atom is -0.461 e. The Bertz CT molecular complexity index is 629. The highest BCUT2D eigenvalue weighted by Crippen LogP contribution is 2.30. The summed E-state index contributed by atoms with van der Waals surface area (Å²) in [5, 5.41) is 0. The van der Waals surface area contributed by atoms with E-state index in [1.54, 1.807) is 12.3 Å². The van der Waals surface area contributed by atoms with E-state index >= 15 is 0 Å². The number of hydrogen-bond acceptors (Lipinski definition) is 3. The van der Waals surface area contributed by atoms with Crippen LogP contribution >= 0.6 is 0 Å². The van der Waals surface area contributed by atoms with Crippen LogP contribution in [-0.4, -0.2) is 15.3 Å². The molecule has 0 amide bonds. The molecule has 0 fully saturated rings. The molecule has 1 aliphatic heterocycles. The highest BCUT2D eigenvalue weighted by molar-refractivity contribution is 5.91. The fraction of sp³-hybridized carbons (Fsp3) is 0.200. The molecule has 0 radical (unpaired) electrons. The first kappa shape index (κ1) is 11.7. The van der Waals surface area contributed by atoms with E-state index in [0.717, 1.165) is 17.1 Å². The largest absolute Gasteiger partial charge is 0.461 e. The van der Waals surface area contributed by atoms with Crippen LogP contribution < -0.4 is 4.74 Å². The van der Waals surface area contributed by atoms with Crippen LogP contribution in [0.1, 0.15) is 11.4 Å². The average Bonchev–Trinajstić information content (AvgIpc) is 2.95. The van der Waals surface area contributed by atoms with Gasteiger partial charge < -0.3 is 9.30 Å². The number of ketones is 1. The molecule has 4 heteroatoms. The van der Waals surface area contributed by atoms with Gasteiger partial charge in [0.1, 0.15) is 17.3 Å². The summed E-state index contributed by atoms with van der Waals surface area (Å²) in [5.41, 5.74) is 1.12. The van der Waals surface area contributed by atoms with Gasteiger partial charge in [-0.3, -0.25) is 4.79 Å². The van der Waals surface area contributed by atoms with Gasteiger partial charge in [0.25, 0.3) is 0 Å². The number of aryl methyl sites for hydroxylation is 1. The van der Waals surface area contributed by atoms with Crippen molar-refractivity contribution in [2.45, 2.75) is 12.8 Å². The van der Waals surface area contributed by atoms with Gasteiger partial charge in [-0.25, -0.2) is 4.98 Å². The van der Waals surface area contributed by atoms with Crippen LogP contribution in [0.2, 0.25) is 0 Å². The molecule has 2 aromatic rings. The van der Waals surface area contributed by atoms with E-state index < -0.39 is 0 Å². The van der Waals surface area contributed by atoms with E-state index in [1.165, 1.54) is 0 Å². The first-order valence-electron chi connectivity index (χ1n) is 6.18. The number of aromatic nitrogens is 2. The van der Waals surface area contributed by atoms with Crippen molar-refractivity contribution in [1.82, 2.24) is 9.55 Å². The molecule has 4 nitrogen and oxygen atoms in total. The zero-order valence-corrected chi connectivity index (χ0v) is 10.7. The monoisotopic (exact) mass is 254 g/mol. The second-order valence-corrected chi connectivity index (χ2v) is 4.59. The average molecular weight is 254 g/mol. The van der Waals surface area contributed by atoms with Crippen LogP contribution in [0.3, 0.4) is 0 Å². The molecule has 0 unspecified atom stereocenters. The smallest absolute Gasteiger partial charge is 0.166 e. The SMILES string of the molecule is Cn1ccnc1CC(=O)C=C1Cc2ccccc2O1. The van der Waals surface area contributed by atoms with Gasteiger partial charge >= 0.3 is 0 Å². The summed E-state index contributed by atoms with van der Waals surface area (Å²) in [6.07, 6.45) is 6.08. The number of carbonyl (C=O) groups excluding carboxylic acids is 1. The van der Waals surface area contributed by atoms with E-state index in [0.29, 0.717) is 18.6 Å². The number of imidazole rings is 1. The number of rotatable bonds is 3. The van der Waals surface area contributed by atoms with Crippen LogP contribution in [0.15, 0.2) is 48.5 Å². The molecule has 0 atom stereocenters. The number of fused-ring (bicyclic) bond motifs is 1. The van der Waals surface area contributed by atoms with Gasteiger partial charge in [0.2, 0.25) is 0 Å². The number of ether oxygens (including phenoxy) is 1. The molecular weight excluding hydrogens is 240 g/mol. The Balaban J connectivity index is 1.71. The van der Waals surface area contributed by atoms with Gasteiger partial charge in [-0.15, -0.1) is 0 Å². The molecule has 1 aliphatic rings. The third-order valence-corrected chi connectivity index (χ3v) is 3.15. The summed E-state index contributed by atoms with van der Waals surface area (Å²) >= 11 is 0. The fourth-order valence-corrected chi connectivity index (χ4v) is 2.15. The third-order valence-electron chi connectivity index (χ3n) is 3.15. The molecule has 19 heavy (non-hydrogen) atoms. The molecule has 0 saturated heterocycles. The summed E-state index contributed by atoms with van der Waals surface area (Å²) in [6, 6.07) is 7.83. The fourth-order valence-electron chi connectivity index (χ4n) is 2.15. The van der Waals surface area contributed by atoms with Crippen molar-refractivity contribution >= 4 is 5.78 Å². The molecule has 96 valence electrons. The van der Waals surface area contributed by atoms with Gasteiger partial charge in [-0.2, -0.15) is 0 Å². The molecule has 1 aromatic heterocycles. The molecule has 3 rings (SSSR count). The Morgan fingerprint density at radius 2 is 2.32 bits per heavy atom. The zero-order valence-electron chi connectivity index (χ0n) is 10.7. The Hall–Kier alpha value is -2.36. The Labute approximate surface area is 111 Å². The Kier molecular flexibility index (Phi) is 2.91. The maximum absolute atomic E-state index is 12.0. The highest BCUT2D eigenvalue weighted by atomic mass is 16.5. The van der Waals surface area contributed by atoms with Crippen LogP contribution in [0, 0.1) is 0 Å². The van der Waals surface area contributed by atoms with Gasteiger partial charge in [0, 0.05) is 37.5 Å². The lowest BCUT2D eigenvalue weighted by molar-refractivity contribution is -0.114. The second-order valence-electron chi connectivity index (χ2n) is 4.59. The minimum absolute atomic E-state index is 0.0112. The van der Waals surface area contributed by atoms with E-state index in [9.17, 15) is 4.79 Å². The number of allylic oxidation sites excluding steroid dienone is 2. The maximum atomic E-state index is 12.0. The maximum Gasteiger partial charge on any atom is 0.166 e. The summed E-state index contributed by atoms with van der Waals surface area (Å²) in [6.45, 7) is 0. The molecule has 0 spiro atoms. The molecule has 0 saturated carbocycles. The van der Waals surface area contributed by atoms with Crippen LogP contribution in [0.25, 0.3) is 0 Å². The number of hydrogen-bond donors (Lipinski definition) is 0. The molecular formula is C15H14N2O2. The second kappa shape index (κ2) is 4.72. The lowest BCUT2D eigenvalue weighted by Crippen LogP contribution is -2.06. The predicted molar refractivity (Wildman–Crippen MR) is 70.8 cm³/mol. The number of benzene rings is 1. The summed E-state index contributed by atoms with van der Waals surface area (Å²) in [4.78, 5) is 16.1. The molecule has 2 heterocycles. The molecule has 1 aromatic carbocycles. The van der Waals surface area contributed by atoms with Crippen molar-refractivity contribution in [3.8, 4) is 5.75 Å². The third kappa shape index (κ3) is 2.42. The first-order valence-corrected chi connectivity index (χ1v) is 6.18. The van der Waals surface area contributed by atoms with Gasteiger partial charge in [-0.1, -0.05) is 18.2 Å². The summed E-state index contributed by atoms with van der Waals surface area (Å²) < 4.78 is 7.49. The number of nitrogens with zero attached hydrogens (tertiary/aromatic N) is 2. The van der Waals surface area contributed by atoms with Crippen molar-refractivity contribution in [3.05, 3.63) is 59.9 Å². The Morgan fingerprint density at radius 1 is 1.47 bits per heavy atom. The highest BCUT2D eigenvalue weighted by Gasteiger charge is 2.17. The van der Waals surface area contributed by atoms with E-state index in [4.69, 9.17) is 4.74 Å². The predicted octanol–water partition coefficient (Wildman–Crippen LogP) is 2.05. The normalized spacial score (nSPS) is 15.3. The quantitative estimate of drug-likeness (QED) is 0.787. The van der Waals surface area contributed by atoms with Crippen molar-refractivity contribution < 1.29 is 9.53 Å². The van der Waals surface area contributed by atoms with Gasteiger partial charge in [0.15, 0.2) is 5.78 Å². The van der Waals surface area contributed by atoms with Gasteiger partial charge in [0.05, 0.1) is 6.42 Å². The zero-order chi connectivity index (χ0) is 13.2. The van der Waals surface area contributed by atoms with E-state index in [1.807, 2.05) is 42.1 Å². The number of carbonyl (C=O) groups is 1. The van der Waals surface area contributed by atoms with Crippen molar-refractivity contribution in [3.63, 3.8) is 0 Å². The summed E-state index contributed by atoms with van der Waals surface area (Å²) in [5.74, 6) is 2.33. The van der Waals surface area contributed by atoms with Crippen molar-refractivity contribution in [2.75, 3.05) is 0 Å². The van der Waals surface area contributed by atoms with Crippen LogP contribution in [0.4, 0.5) is 0 Å². The van der Waals surface area contributed by atoms with E-state index in [-0.39, 0.29) is 5.78 Å². The van der Waals surface area contributed by atoms with Crippen molar-refractivity contribution in [1.29, 1.82) is 0 Å². The molecule has 0 aliphatic carbocycles. The van der Waals surface area contributed by atoms with E-state index in [2.05, 4.69) is 4.98 Å². The van der Waals surface area contributed by atoms with Gasteiger partial charge in [-0.05, 0) is 6.07 Å². The Morgan fingerprint density at radius 3 is 3.05 bits per heavy atom. The summed E-state index contributed by atoms with van der Waals surface area (Å²) in [7, 11) is 1.88.